The molecule has 4 aromatic rings. The number of benzene rings is 4. The molecular weight excluding hydrogens is 400 g/mol. The van der Waals surface area contributed by atoms with E-state index in [-0.39, 0.29) is 0 Å². The van der Waals surface area contributed by atoms with Crippen molar-refractivity contribution in [3.63, 3.8) is 0 Å². The fraction of sp³-hybridized carbons (Fsp3) is 0.250. The first-order valence-electron chi connectivity index (χ1n) is 12.1. The van der Waals surface area contributed by atoms with Crippen molar-refractivity contribution in [3.05, 3.63) is 102 Å². The highest BCUT2D eigenvalue weighted by Crippen LogP contribution is 2.23. The molecule has 0 heterocycles. The van der Waals surface area contributed by atoms with E-state index in [9.17, 15) is 0 Å². The molecule has 33 heavy (non-hydrogen) atoms. The normalized spacial score (nSPS) is 10.6. The highest BCUT2D eigenvalue weighted by molar-refractivity contribution is 5.85. The Morgan fingerprint density at radius 3 is 1.97 bits per heavy atom. The Hall–Kier alpha value is -3.50. The molecule has 0 aliphatic heterocycles. The van der Waals surface area contributed by atoms with Crippen LogP contribution in [-0.4, -0.2) is 6.61 Å². The predicted octanol–water partition coefficient (Wildman–Crippen LogP) is 8.43. The standard InChI is InChI=1S/C32H32O/c1-3-5-6-7-8-25-11-16-28(17-12-25)29-18-13-26(14-19-29)9-10-27-15-20-31-24-32(33-4-2)22-21-30(31)23-27/h11-24H,3-8H2,1-2H3. The lowest BCUT2D eigenvalue weighted by Crippen LogP contribution is -1.90. The van der Waals surface area contributed by atoms with E-state index in [1.54, 1.807) is 0 Å². The van der Waals surface area contributed by atoms with Gasteiger partial charge in [-0.1, -0.05) is 86.6 Å². The van der Waals surface area contributed by atoms with Crippen molar-refractivity contribution in [2.45, 2.75) is 46.0 Å². The van der Waals surface area contributed by atoms with Gasteiger partial charge in [0.1, 0.15) is 5.75 Å². The predicted molar refractivity (Wildman–Crippen MR) is 141 cm³/mol. The van der Waals surface area contributed by atoms with E-state index in [4.69, 9.17) is 4.74 Å². The Bertz CT molecular complexity index is 1240. The number of unbranched alkanes of at least 4 members (excludes halogenated alkanes) is 3. The molecule has 0 amide bonds. The van der Waals surface area contributed by atoms with Crippen LogP contribution in [-0.2, 0) is 6.42 Å². The molecule has 0 atom stereocenters. The first-order valence-corrected chi connectivity index (χ1v) is 12.1. The van der Waals surface area contributed by atoms with Gasteiger partial charge in [-0.3, -0.25) is 0 Å². The molecule has 0 fully saturated rings. The molecule has 1 nitrogen and oxygen atoms in total. The summed E-state index contributed by atoms with van der Waals surface area (Å²) >= 11 is 0. The van der Waals surface area contributed by atoms with Crippen molar-refractivity contribution < 1.29 is 4.74 Å². The van der Waals surface area contributed by atoms with E-state index in [0.717, 1.165) is 16.9 Å². The summed E-state index contributed by atoms with van der Waals surface area (Å²) in [5.41, 5.74) is 5.96. The minimum atomic E-state index is 0.679. The van der Waals surface area contributed by atoms with Gasteiger partial charge >= 0.3 is 0 Å². The van der Waals surface area contributed by atoms with Gasteiger partial charge in [-0.2, -0.15) is 0 Å². The Morgan fingerprint density at radius 1 is 0.606 bits per heavy atom. The van der Waals surface area contributed by atoms with E-state index in [1.165, 1.54) is 59.6 Å². The summed E-state index contributed by atoms with van der Waals surface area (Å²) in [6, 6.07) is 30.1. The molecule has 0 saturated carbocycles. The van der Waals surface area contributed by atoms with Crippen molar-refractivity contribution >= 4 is 10.8 Å². The minimum absolute atomic E-state index is 0.679. The number of hydrogen-bond acceptors (Lipinski definition) is 1. The number of aryl methyl sites for hydroxylation is 1. The molecule has 4 aromatic carbocycles. The smallest absolute Gasteiger partial charge is 0.119 e. The summed E-state index contributed by atoms with van der Waals surface area (Å²) in [5, 5.41) is 2.34. The maximum Gasteiger partial charge on any atom is 0.119 e. The van der Waals surface area contributed by atoms with Crippen LogP contribution in [0, 0.1) is 11.8 Å². The van der Waals surface area contributed by atoms with Gasteiger partial charge in [-0.25, -0.2) is 0 Å². The average Bonchev–Trinajstić information content (AvgIpc) is 2.86. The SMILES string of the molecule is CCCCCCc1ccc(-c2ccc(C#Cc3ccc4cc(OCC)ccc4c3)cc2)cc1. The third kappa shape index (κ3) is 6.27. The average molecular weight is 433 g/mol. The van der Waals surface area contributed by atoms with Crippen LogP contribution in [0.25, 0.3) is 21.9 Å². The third-order valence-electron chi connectivity index (χ3n) is 5.97. The molecule has 0 aliphatic rings. The lowest BCUT2D eigenvalue weighted by atomic mass is 10.00. The van der Waals surface area contributed by atoms with E-state index < -0.39 is 0 Å². The van der Waals surface area contributed by atoms with Crippen molar-refractivity contribution in [1.29, 1.82) is 0 Å². The molecule has 0 unspecified atom stereocenters. The molecule has 0 aromatic heterocycles. The first-order chi connectivity index (χ1) is 16.2. The molecule has 0 aliphatic carbocycles. The topological polar surface area (TPSA) is 9.23 Å². The highest BCUT2D eigenvalue weighted by atomic mass is 16.5. The molecule has 1 heteroatoms. The largest absolute Gasteiger partial charge is 0.494 e. The maximum atomic E-state index is 5.59. The minimum Gasteiger partial charge on any atom is -0.494 e. The van der Waals surface area contributed by atoms with Gasteiger partial charge in [0.25, 0.3) is 0 Å². The van der Waals surface area contributed by atoms with Crippen molar-refractivity contribution in [3.8, 4) is 28.7 Å². The van der Waals surface area contributed by atoms with E-state index >= 15 is 0 Å². The summed E-state index contributed by atoms with van der Waals surface area (Å²) in [6.45, 7) is 4.94. The van der Waals surface area contributed by atoms with Gasteiger partial charge in [0.05, 0.1) is 6.61 Å². The fourth-order valence-corrected chi connectivity index (χ4v) is 4.07. The monoisotopic (exact) mass is 432 g/mol. The molecule has 166 valence electrons. The highest BCUT2D eigenvalue weighted by Gasteiger charge is 2.00. The second-order valence-electron chi connectivity index (χ2n) is 8.49. The van der Waals surface area contributed by atoms with Gasteiger partial charge < -0.3 is 4.74 Å². The third-order valence-corrected chi connectivity index (χ3v) is 5.97. The Kier molecular flexibility index (Phi) is 7.83. The van der Waals surface area contributed by atoms with Gasteiger partial charge in [0, 0.05) is 11.1 Å². The van der Waals surface area contributed by atoms with Gasteiger partial charge in [-0.05, 0) is 83.6 Å². The second-order valence-corrected chi connectivity index (χ2v) is 8.49. The number of fused-ring (bicyclic) bond motifs is 1. The zero-order chi connectivity index (χ0) is 22.9. The Labute approximate surface area is 198 Å². The molecule has 0 bridgehead atoms. The van der Waals surface area contributed by atoms with Crippen LogP contribution < -0.4 is 4.74 Å². The fourth-order valence-electron chi connectivity index (χ4n) is 4.07. The van der Waals surface area contributed by atoms with Crippen LogP contribution in [0.1, 0.15) is 56.2 Å². The van der Waals surface area contributed by atoms with Crippen LogP contribution in [0.2, 0.25) is 0 Å². The van der Waals surface area contributed by atoms with Crippen molar-refractivity contribution in [1.82, 2.24) is 0 Å². The summed E-state index contributed by atoms with van der Waals surface area (Å²) < 4.78 is 5.59. The van der Waals surface area contributed by atoms with Gasteiger partial charge in [0.2, 0.25) is 0 Å². The van der Waals surface area contributed by atoms with Crippen LogP contribution >= 0.6 is 0 Å². The number of ether oxygens (including phenoxy) is 1. The van der Waals surface area contributed by atoms with Gasteiger partial charge in [0.15, 0.2) is 0 Å². The van der Waals surface area contributed by atoms with Crippen LogP contribution in [0.5, 0.6) is 5.75 Å². The zero-order valence-corrected chi connectivity index (χ0v) is 19.7. The molecule has 0 spiro atoms. The molecule has 0 N–H and O–H groups in total. The summed E-state index contributed by atoms with van der Waals surface area (Å²) in [4.78, 5) is 0. The van der Waals surface area contributed by atoms with Crippen LogP contribution in [0.3, 0.4) is 0 Å². The van der Waals surface area contributed by atoms with E-state index in [1.807, 2.05) is 13.0 Å². The van der Waals surface area contributed by atoms with E-state index in [0.29, 0.717) is 6.61 Å². The zero-order valence-electron chi connectivity index (χ0n) is 19.7. The second kappa shape index (κ2) is 11.4. The summed E-state index contributed by atoms with van der Waals surface area (Å²) in [7, 11) is 0. The number of rotatable bonds is 8. The Balaban J connectivity index is 1.41. The number of hydrogen-bond donors (Lipinski definition) is 0. The maximum absolute atomic E-state index is 5.59. The summed E-state index contributed by atoms with van der Waals surface area (Å²) in [5.74, 6) is 7.52. The quantitative estimate of drug-likeness (QED) is 0.200. The van der Waals surface area contributed by atoms with Crippen molar-refractivity contribution in [2.75, 3.05) is 6.61 Å². The molecule has 4 rings (SSSR count). The first kappa shape index (κ1) is 22.7. The van der Waals surface area contributed by atoms with Crippen LogP contribution in [0.4, 0.5) is 0 Å². The molecule has 0 radical (unpaired) electrons. The lowest BCUT2D eigenvalue weighted by Gasteiger charge is -2.05. The van der Waals surface area contributed by atoms with E-state index in [2.05, 4.69) is 97.6 Å². The Morgan fingerprint density at radius 2 is 1.24 bits per heavy atom. The molecule has 0 saturated heterocycles. The van der Waals surface area contributed by atoms with Gasteiger partial charge in [-0.15, -0.1) is 0 Å². The summed E-state index contributed by atoms with van der Waals surface area (Å²) in [6.07, 6.45) is 6.42. The lowest BCUT2D eigenvalue weighted by molar-refractivity contribution is 0.341. The van der Waals surface area contributed by atoms with Crippen molar-refractivity contribution in [2.24, 2.45) is 0 Å². The van der Waals surface area contributed by atoms with Crippen LogP contribution in [0.15, 0.2) is 84.9 Å². The molecular formula is C32H32O.